The molecule has 0 saturated carbocycles. The number of aryl methyl sites for hydroxylation is 1. The van der Waals surface area contributed by atoms with E-state index in [1.807, 2.05) is 6.07 Å². The Morgan fingerprint density at radius 2 is 2.12 bits per heavy atom. The molecule has 1 aromatic carbocycles. The third kappa shape index (κ3) is 4.44. The third-order valence-corrected chi connectivity index (χ3v) is 3.20. The highest BCUT2D eigenvalue weighted by molar-refractivity contribution is 7.80. The fourth-order valence-corrected chi connectivity index (χ4v) is 1.95. The number of thiocarbonyl (C=S) groups is 1. The van der Waals surface area contributed by atoms with Crippen molar-refractivity contribution in [3.05, 3.63) is 34.9 Å². The SMILES string of the molecule is CCCCN(C)Cc1ccc(C(N)=S)cc1C. The van der Waals surface area contributed by atoms with Crippen LogP contribution in [0, 0.1) is 6.92 Å². The molecule has 0 radical (unpaired) electrons. The summed E-state index contributed by atoms with van der Waals surface area (Å²) in [6.45, 7) is 6.47. The predicted molar refractivity (Wildman–Crippen MR) is 78.3 cm³/mol. The lowest BCUT2D eigenvalue weighted by atomic mass is 10.0. The summed E-state index contributed by atoms with van der Waals surface area (Å²) in [5.74, 6) is 0. The van der Waals surface area contributed by atoms with Gasteiger partial charge in [0.15, 0.2) is 0 Å². The van der Waals surface area contributed by atoms with Gasteiger partial charge < -0.3 is 10.6 Å². The summed E-state index contributed by atoms with van der Waals surface area (Å²) < 4.78 is 0. The van der Waals surface area contributed by atoms with Gasteiger partial charge in [-0.05, 0) is 44.1 Å². The molecule has 0 atom stereocenters. The zero-order valence-corrected chi connectivity index (χ0v) is 11.8. The molecule has 0 aromatic heterocycles. The minimum Gasteiger partial charge on any atom is -0.389 e. The van der Waals surface area contributed by atoms with Crippen LogP contribution in [-0.2, 0) is 6.54 Å². The number of unbranched alkanes of at least 4 members (excludes halogenated alkanes) is 1. The van der Waals surface area contributed by atoms with Crippen LogP contribution in [-0.4, -0.2) is 23.5 Å². The molecule has 0 aliphatic heterocycles. The van der Waals surface area contributed by atoms with E-state index in [1.54, 1.807) is 0 Å². The summed E-state index contributed by atoms with van der Waals surface area (Å²) in [6, 6.07) is 6.22. The second kappa shape index (κ2) is 6.72. The summed E-state index contributed by atoms with van der Waals surface area (Å²) in [5.41, 5.74) is 9.19. The van der Waals surface area contributed by atoms with Gasteiger partial charge in [0.25, 0.3) is 0 Å². The molecule has 94 valence electrons. The standard InChI is InChI=1S/C14H22N2S/c1-4-5-8-16(3)10-13-7-6-12(14(15)17)9-11(13)2/h6-7,9H,4-5,8,10H2,1-3H3,(H2,15,17). The number of nitrogens with two attached hydrogens (primary N) is 1. The van der Waals surface area contributed by atoms with Crippen molar-refractivity contribution in [3.63, 3.8) is 0 Å². The highest BCUT2D eigenvalue weighted by atomic mass is 32.1. The van der Waals surface area contributed by atoms with E-state index in [0.717, 1.165) is 18.7 Å². The van der Waals surface area contributed by atoms with Crippen molar-refractivity contribution in [3.8, 4) is 0 Å². The van der Waals surface area contributed by atoms with Crippen molar-refractivity contribution in [1.29, 1.82) is 0 Å². The largest absolute Gasteiger partial charge is 0.389 e. The van der Waals surface area contributed by atoms with Gasteiger partial charge in [0.1, 0.15) is 4.99 Å². The molecule has 0 aliphatic carbocycles. The minimum absolute atomic E-state index is 0.471. The maximum absolute atomic E-state index is 5.62. The monoisotopic (exact) mass is 250 g/mol. The fourth-order valence-electron chi connectivity index (χ4n) is 1.82. The predicted octanol–water partition coefficient (Wildman–Crippen LogP) is 2.86. The van der Waals surface area contributed by atoms with Crippen molar-refractivity contribution in [2.24, 2.45) is 5.73 Å². The Morgan fingerprint density at radius 1 is 1.41 bits per heavy atom. The van der Waals surface area contributed by atoms with E-state index < -0.39 is 0 Å². The average molecular weight is 250 g/mol. The molecule has 3 heteroatoms. The molecule has 0 spiro atoms. The number of hydrogen-bond donors (Lipinski definition) is 1. The van der Waals surface area contributed by atoms with Crippen LogP contribution in [0.25, 0.3) is 0 Å². The van der Waals surface area contributed by atoms with E-state index in [4.69, 9.17) is 18.0 Å². The molecule has 0 unspecified atom stereocenters. The Morgan fingerprint density at radius 3 is 2.65 bits per heavy atom. The topological polar surface area (TPSA) is 29.3 Å². The maximum atomic E-state index is 5.62. The van der Waals surface area contributed by atoms with Gasteiger partial charge in [0.2, 0.25) is 0 Å². The second-order valence-corrected chi connectivity index (χ2v) is 5.04. The lowest BCUT2D eigenvalue weighted by Crippen LogP contribution is -2.19. The molecule has 1 aromatic rings. The highest BCUT2D eigenvalue weighted by Crippen LogP contribution is 2.13. The number of benzene rings is 1. The van der Waals surface area contributed by atoms with E-state index in [9.17, 15) is 0 Å². The van der Waals surface area contributed by atoms with E-state index >= 15 is 0 Å². The fraction of sp³-hybridized carbons (Fsp3) is 0.500. The number of nitrogens with zero attached hydrogens (tertiary/aromatic N) is 1. The lowest BCUT2D eigenvalue weighted by molar-refractivity contribution is 0.320. The van der Waals surface area contributed by atoms with Crippen molar-refractivity contribution < 1.29 is 0 Å². The Kier molecular flexibility index (Phi) is 5.59. The molecule has 0 heterocycles. The molecule has 2 N–H and O–H groups in total. The summed E-state index contributed by atoms with van der Waals surface area (Å²) >= 11 is 4.98. The molecule has 0 aliphatic rings. The zero-order valence-electron chi connectivity index (χ0n) is 11.0. The van der Waals surface area contributed by atoms with E-state index in [-0.39, 0.29) is 0 Å². The van der Waals surface area contributed by atoms with Gasteiger partial charge >= 0.3 is 0 Å². The van der Waals surface area contributed by atoms with Crippen LogP contribution in [0.5, 0.6) is 0 Å². The molecule has 0 amide bonds. The van der Waals surface area contributed by atoms with Crippen LogP contribution in [0.15, 0.2) is 18.2 Å². The second-order valence-electron chi connectivity index (χ2n) is 4.60. The Labute approximate surface area is 110 Å². The van der Waals surface area contributed by atoms with Crippen molar-refractivity contribution in [2.75, 3.05) is 13.6 Å². The van der Waals surface area contributed by atoms with Gasteiger partial charge in [-0.15, -0.1) is 0 Å². The van der Waals surface area contributed by atoms with Gasteiger partial charge in [-0.1, -0.05) is 37.7 Å². The van der Waals surface area contributed by atoms with Crippen molar-refractivity contribution >= 4 is 17.2 Å². The molecular formula is C14H22N2S. The molecule has 0 saturated heterocycles. The van der Waals surface area contributed by atoms with Gasteiger partial charge in [-0.25, -0.2) is 0 Å². The normalized spacial score (nSPS) is 10.8. The maximum Gasteiger partial charge on any atom is 0.103 e. The Balaban J connectivity index is 2.69. The molecule has 0 bridgehead atoms. The van der Waals surface area contributed by atoms with Crippen LogP contribution in [0.2, 0.25) is 0 Å². The quantitative estimate of drug-likeness (QED) is 0.787. The Hall–Kier alpha value is -0.930. The van der Waals surface area contributed by atoms with E-state index in [2.05, 4.69) is 37.9 Å². The van der Waals surface area contributed by atoms with Crippen LogP contribution in [0.4, 0.5) is 0 Å². The first-order valence-corrected chi connectivity index (χ1v) is 6.53. The third-order valence-electron chi connectivity index (χ3n) is 2.96. The lowest BCUT2D eigenvalue weighted by Gasteiger charge is -2.18. The molecule has 2 nitrogen and oxygen atoms in total. The first kappa shape index (κ1) is 14.1. The van der Waals surface area contributed by atoms with E-state index in [1.165, 1.54) is 24.0 Å². The first-order valence-electron chi connectivity index (χ1n) is 6.12. The number of rotatable bonds is 6. The van der Waals surface area contributed by atoms with Gasteiger partial charge in [-0.3, -0.25) is 0 Å². The Bertz CT molecular complexity index is 388. The summed E-state index contributed by atoms with van der Waals surface area (Å²) in [6.07, 6.45) is 2.49. The van der Waals surface area contributed by atoms with Crippen molar-refractivity contribution in [2.45, 2.75) is 33.2 Å². The van der Waals surface area contributed by atoms with Gasteiger partial charge in [0.05, 0.1) is 0 Å². The van der Waals surface area contributed by atoms with Gasteiger partial charge in [-0.2, -0.15) is 0 Å². The molecular weight excluding hydrogens is 228 g/mol. The molecule has 17 heavy (non-hydrogen) atoms. The smallest absolute Gasteiger partial charge is 0.103 e. The summed E-state index contributed by atoms with van der Waals surface area (Å²) in [7, 11) is 2.16. The minimum atomic E-state index is 0.471. The van der Waals surface area contributed by atoms with Crippen LogP contribution in [0.1, 0.15) is 36.5 Å². The molecule has 1 rings (SSSR count). The summed E-state index contributed by atoms with van der Waals surface area (Å²) in [5, 5.41) is 0. The van der Waals surface area contributed by atoms with Gasteiger partial charge in [0, 0.05) is 12.1 Å². The van der Waals surface area contributed by atoms with E-state index in [0.29, 0.717) is 4.99 Å². The molecule has 0 fully saturated rings. The summed E-state index contributed by atoms with van der Waals surface area (Å²) in [4.78, 5) is 2.82. The van der Waals surface area contributed by atoms with Crippen molar-refractivity contribution in [1.82, 2.24) is 4.90 Å². The number of hydrogen-bond acceptors (Lipinski definition) is 2. The van der Waals surface area contributed by atoms with Crippen LogP contribution < -0.4 is 5.73 Å². The van der Waals surface area contributed by atoms with Crippen LogP contribution >= 0.6 is 12.2 Å². The van der Waals surface area contributed by atoms with Crippen LogP contribution in [0.3, 0.4) is 0 Å². The average Bonchev–Trinajstić information content (AvgIpc) is 2.28. The first-order chi connectivity index (χ1) is 8.04. The highest BCUT2D eigenvalue weighted by Gasteiger charge is 2.05. The zero-order chi connectivity index (χ0) is 12.8.